The Morgan fingerprint density at radius 3 is 2.20 bits per heavy atom. The molecule has 7 atom stereocenters. The Morgan fingerprint density at radius 2 is 1.62 bits per heavy atom. The number of aryl methyl sites for hydroxylation is 1. The first-order valence-electron chi connectivity index (χ1n) is 19.7. The largest absolute Gasteiger partial charge is 0.448 e. The van der Waals surface area contributed by atoms with Gasteiger partial charge in [-0.05, 0) is 129 Å². The van der Waals surface area contributed by atoms with E-state index in [1.165, 1.54) is 37.7 Å². The number of nitrogens with zero attached hydrogens (tertiary/aromatic N) is 1. The van der Waals surface area contributed by atoms with Crippen molar-refractivity contribution in [3.8, 4) is 0 Å². The second kappa shape index (κ2) is 14.0. The Bertz CT molecular complexity index is 1480. The summed E-state index contributed by atoms with van der Waals surface area (Å²) in [7, 11) is -3.96. The Morgan fingerprint density at radius 1 is 0.980 bits per heavy atom. The molecule has 4 aliphatic rings. The van der Waals surface area contributed by atoms with E-state index in [9.17, 15) is 5.11 Å². The van der Waals surface area contributed by atoms with Crippen LogP contribution in [0.3, 0.4) is 0 Å². The van der Waals surface area contributed by atoms with Crippen molar-refractivity contribution in [2.45, 2.75) is 180 Å². The number of allylic oxidation sites excluding steroid dienone is 4. The molecule has 50 heavy (non-hydrogen) atoms. The highest BCUT2D eigenvalue weighted by Crippen LogP contribution is 2.60. The number of aliphatic hydroxyl groups excluding tert-OH is 1. The van der Waals surface area contributed by atoms with E-state index >= 15 is 0 Å². The van der Waals surface area contributed by atoms with Crippen molar-refractivity contribution in [1.29, 1.82) is 0 Å². The molecule has 0 unspecified atom stereocenters. The lowest BCUT2D eigenvalue weighted by atomic mass is 9.61. The van der Waals surface area contributed by atoms with Crippen LogP contribution in [0.2, 0.25) is 36.3 Å². The van der Waals surface area contributed by atoms with Crippen molar-refractivity contribution in [1.82, 2.24) is 4.98 Å². The Balaban J connectivity index is 1.34. The van der Waals surface area contributed by atoms with Crippen molar-refractivity contribution in [3.05, 3.63) is 65.5 Å². The summed E-state index contributed by atoms with van der Waals surface area (Å²) in [6, 6.07) is 0. The van der Waals surface area contributed by atoms with E-state index in [1.54, 1.807) is 11.8 Å². The topological polar surface area (TPSA) is 64.7 Å². The minimum Gasteiger partial charge on any atom is -0.448 e. The molecule has 5 rings (SSSR count). The van der Waals surface area contributed by atoms with Crippen LogP contribution >= 0.6 is 0 Å². The molecule has 0 aromatic carbocycles. The van der Waals surface area contributed by atoms with Crippen LogP contribution < -0.4 is 0 Å². The average Bonchev–Trinajstić information content (AvgIpc) is 3.56. The van der Waals surface area contributed by atoms with E-state index < -0.39 is 22.7 Å². The van der Waals surface area contributed by atoms with Gasteiger partial charge in [0.05, 0.1) is 29.4 Å². The molecule has 5 nitrogen and oxygen atoms in total. The first kappa shape index (κ1) is 39.7. The maximum atomic E-state index is 11.3. The second-order valence-corrected chi connectivity index (χ2v) is 29.5. The van der Waals surface area contributed by atoms with Gasteiger partial charge >= 0.3 is 0 Å². The quantitative estimate of drug-likeness (QED) is 0.192. The van der Waals surface area contributed by atoms with Crippen molar-refractivity contribution in [3.63, 3.8) is 0 Å². The molecule has 0 spiro atoms. The fourth-order valence-electron chi connectivity index (χ4n) is 8.86. The molecule has 4 saturated carbocycles. The van der Waals surface area contributed by atoms with E-state index in [4.69, 9.17) is 19.8 Å². The van der Waals surface area contributed by atoms with Crippen LogP contribution in [0, 0.1) is 30.1 Å². The van der Waals surface area contributed by atoms with Crippen molar-refractivity contribution in [2.75, 3.05) is 0 Å². The molecular formula is C43H71NO4Si2. The van der Waals surface area contributed by atoms with Crippen LogP contribution in [0.1, 0.15) is 125 Å². The molecular weight excluding hydrogens is 651 g/mol. The summed E-state index contributed by atoms with van der Waals surface area (Å²) in [6.07, 6.45) is 20.4. The molecule has 0 amide bonds. The third-order valence-electron chi connectivity index (χ3n) is 14.4. The number of aliphatic hydroxyl groups is 1. The fourth-order valence-corrected chi connectivity index (χ4v) is 11.5. The van der Waals surface area contributed by atoms with Gasteiger partial charge in [-0.25, -0.2) is 4.98 Å². The van der Waals surface area contributed by atoms with Gasteiger partial charge in [0.2, 0.25) is 5.89 Å². The van der Waals surface area contributed by atoms with Crippen molar-refractivity contribution in [2.24, 2.45) is 23.2 Å². The van der Waals surface area contributed by atoms with E-state index in [-0.39, 0.29) is 33.1 Å². The van der Waals surface area contributed by atoms with Gasteiger partial charge in [-0.1, -0.05) is 91.8 Å². The molecule has 4 aliphatic carbocycles. The van der Waals surface area contributed by atoms with Gasteiger partial charge in [-0.3, -0.25) is 0 Å². The Kier molecular flexibility index (Phi) is 11.1. The van der Waals surface area contributed by atoms with Gasteiger partial charge in [0.25, 0.3) is 0 Å². The highest BCUT2D eigenvalue weighted by Gasteiger charge is 2.54. The number of hydrogen-bond acceptors (Lipinski definition) is 5. The number of oxazole rings is 1. The van der Waals surface area contributed by atoms with Gasteiger partial charge in [-0.15, -0.1) is 0 Å². The predicted octanol–water partition coefficient (Wildman–Crippen LogP) is 11.8. The normalized spacial score (nSPS) is 32.2. The highest BCUT2D eigenvalue weighted by atomic mass is 28.4. The summed E-state index contributed by atoms with van der Waals surface area (Å²) in [6.45, 7) is 35.0. The SMILES string of the molecule is C=C1/C(=C\C=C2/CCC[C@]3(C)[C@@H]([C@H](C)C=C[C@@H](O)C4(c5nc(C)co5)CC4)CC[C@@H]23)C[C@@H](O[Si](C)(C)C(C)(C)C)C[C@@H]1O[Si](C)(C)C(C)(C)C. The maximum Gasteiger partial charge on any atom is 0.203 e. The minimum absolute atomic E-state index is 0.00176. The van der Waals surface area contributed by atoms with Crippen LogP contribution in [-0.4, -0.2) is 45.0 Å². The summed E-state index contributed by atoms with van der Waals surface area (Å²) in [5.74, 6) is 2.29. The number of fused-ring (bicyclic) bond motifs is 1. The maximum absolute atomic E-state index is 11.3. The summed E-state index contributed by atoms with van der Waals surface area (Å²) in [5, 5.41) is 11.6. The zero-order valence-electron chi connectivity index (χ0n) is 34.0. The predicted molar refractivity (Wildman–Crippen MR) is 213 cm³/mol. The van der Waals surface area contributed by atoms with E-state index in [2.05, 4.69) is 111 Å². The average molecular weight is 722 g/mol. The van der Waals surface area contributed by atoms with Crippen LogP contribution in [0.4, 0.5) is 0 Å². The number of aromatic nitrogens is 1. The van der Waals surface area contributed by atoms with Crippen molar-refractivity contribution < 1.29 is 18.4 Å². The molecule has 280 valence electrons. The molecule has 0 bridgehead atoms. The Hall–Kier alpha value is -1.52. The highest BCUT2D eigenvalue weighted by molar-refractivity contribution is 6.74. The summed E-state index contributed by atoms with van der Waals surface area (Å²) >= 11 is 0. The molecule has 1 heterocycles. The number of hydrogen-bond donors (Lipinski definition) is 1. The number of rotatable bonds is 10. The second-order valence-electron chi connectivity index (χ2n) is 20.0. The standard InChI is InChI=1S/C43H71NO4Si2/c1-29(17-22-38(45)43(24-25-43)39-44-30(2)28-46-39)35-20-21-36-32(16-15-23-42(35,36)10)18-19-33-26-34(47-49(11,12)40(4,5)6)27-37(31(33)3)48-50(13,14)41(7,8)9/h17-19,22,28-29,34-38,45H,3,15-16,20-21,23-27H2,1-2,4-14H3/b22-17?,32-18+,33-19-/t29-,34-,35-,36+,37+,38-,42-/m1/s1. The molecule has 1 N–H and O–H groups in total. The molecule has 0 radical (unpaired) electrons. The van der Waals surface area contributed by atoms with Gasteiger partial charge in [0.1, 0.15) is 6.26 Å². The smallest absolute Gasteiger partial charge is 0.203 e. The molecule has 1 aromatic heterocycles. The molecule has 0 aliphatic heterocycles. The first-order valence-corrected chi connectivity index (χ1v) is 25.6. The third kappa shape index (κ3) is 7.88. The van der Waals surface area contributed by atoms with Gasteiger partial charge in [0, 0.05) is 6.42 Å². The lowest BCUT2D eigenvalue weighted by Gasteiger charge is -2.45. The van der Waals surface area contributed by atoms with E-state index in [1.807, 2.05) is 6.92 Å². The third-order valence-corrected chi connectivity index (χ3v) is 23.4. The molecule has 4 fully saturated rings. The fraction of sp³-hybridized carbons (Fsp3) is 0.744. The minimum atomic E-state index is -2.00. The van der Waals surface area contributed by atoms with Gasteiger partial charge < -0.3 is 18.4 Å². The van der Waals surface area contributed by atoms with E-state index in [0.717, 1.165) is 37.0 Å². The monoisotopic (exact) mass is 721 g/mol. The van der Waals surface area contributed by atoms with Crippen LogP contribution in [0.15, 0.2) is 58.3 Å². The Labute approximate surface area is 307 Å². The van der Waals surface area contributed by atoms with Gasteiger partial charge in [0.15, 0.2) is 16.6 Å². The van der Waals surface area contributed by atoms with Crippen molar-refractivity contribution >= 4 is 16.6 Å². The van der Waals surface area contributed by atoms with Crippen LogP contribution in [0.5, 0.6) is 0 Å². The lowest BCUT2D eigenvalue weighted by Crippen LogP contribution is -2.49. The van der Waals surface area contributed by atoms with Crippen LogP contribution in [-0.2, 0) is 14.3 Å². The molecule has 1 aromatic rings. The molecule has 7 heteroatoms. The van der Waals surface area contributed by atoms with Crippen LogP contribution in [0.25, 0.3) is 0 Å². The zero-order chi connectivity index (χ0) is 37.1. The lowest BCUT2D eigenvalue weighted by molar-refractivity contribution is 0.0969. The van der Waals surface area contributed by atoms with Gasteiger partial charge in [-0.2, -0.15) is 0 Å². The van der Waals surface area contributed by atoms with E-state index in [0.29, 0.717) is 23.6 Å². The first-order chi connectivity index (χ1) is 23.0. The molecule has 0 saturated heterocycles. The zero-order valence-corrected chi connectivity index (χ0v) is 36.0. The summed E-state index contributed by atoms with van der Waals surface area (Å²) in [5.41, 5.74) is 4.90. The summed E-state index contributed by atoms with van der Waals surface area (Å²) in [4.78, 5) is 4.57. The summed E-state index contributed by atoms with van der Waals surface area (Å²) < 4.78 is 19.9.